The van der Waals surface area contributed by atoms with Gasteiger partial charge in [0.15, 0.2) is 5.65 Å². The number of aryl methyl sites for hydroxylation is 2. The van der Waals surface area contributed by atoms with Crippen molar-refractivity contribution < 1.29 is 14.3 Å². The molecule has 0 bridgehead atoms. The minimum absolute atomic E-state index is 0.0500. The van der Waals surface area contributed by atoms with Gasteiger partial charge in [-0.05, 0) is 39.5 Å². The molecular weight excluding hydrogens is 408 g/mol. The van der Waals surface area contributed by atoms with Gasteiger partial charge in [0.05, 0.1) is 17.3 Å². The van der Waals surface area contributed by atoms with Crippen LogP contribution >= 0.6 is 0 Å². The number of nitrogens with zero attached hydrogens (tertiary/aromatic N) is 4. The molecule has 0 unspecified atom stereocenters. The number of aromatic nitrogens is 3. The summed E-state index contributed by atoms with van der Waals surface area (Å²) in [7, 11) is 0. The van der Waals surface area contributed by atoms with Crippen molar-refractivity contribution in [1.82, 2.24) is 25.0 Å². The molecule has 2 aliphatic heterocycles. The number of piperidine rings is 1. The molecule has 4 heterocycles. The Balaban J connectivity index is 1.53. The summed E-state index contributed by atoms with van der Waals surface area (Å²) < 4.78 is 7.42. The second-order valence-electron chi connectivity index (χ2n) is 8.78. The molecule has 0 radical (unpaired) electrons. The topological polar surface area (TPSA) is 101 Å². The lowest BCUT2D eigenvalue weighted by atomic mass is 9.95. The summed E-state index contributed by atoms with van der Waals surface area (Å²) in [6.07, 6.45) is 5.18. The number of rotatable bonds is 6. The van der Waals surface area contributed by atoms with E-state index in [2.05, 4.69) is 22.7 Å². The third-order valence-electron chi connectivity index (χ3n) is 6.71. The summed E-state index contributed by atoms with van der Waals surface area (Å²) in [5.74, 6) is 0.0709. The van der Waals surface area contributed by atoms with Crippen molar-refractivity contribution in [3.05, 3.63) is 17.5 Å². The number of hydrogen-bond acceptors (Lipinski definition) is 6. The van der Waals surface area contributed by atoms with Gasteiger partial charge in [0, 0.05) is 69.5 Å². The maximum absolute atomic E-state index is 12.9. The minimum atomic E-state index is -0.0580. The van der Waals surface area contributed by atoms with Crippen LogP contribution in [0, 0.1) is 12.8 Å². The third-order valence-corrected chi connectivity index (χ3v) is 6.71. The van der Waals surface area contributed by atoms with Crippen molar-refractivity contribution in [2.75, 3.05) is 31.6 Å². The van der Waals surface area contributed by atoms with Gasteiger partial charge in [-0.1, -0.05) is 0 Å². The predicted octanol–water partition coefficient (Wildman–Crippen LogP) is 2.23. The summed E-state index contributed by atoms with van der Waals surface area (Å²) in [4.78, 5) is 31.1. The van der Waals surface area contributed by atoms with Crippen molar-refractivity contribution in [3.63, 3.8) is 0 Å². The maximum atomic E-state index is 12.9. The zero-order chi connectivity index (χ0) is 22.7. The van der Waals surface area contributed by atoms with E-state index in [0.717, 1.165) is 60.6 Å². The van der Waals surface area contributed by atoms with Gasteiger partial charge in [-0.3, -0.25) is 9.59 Å². The molecule has 0 atom stereocenters. The Hall–Kier alpha value is -2.68. The van der Waals surface area contributed by atoms with E-state index in [0.29, 0.717) is 38.5 Å². The van der Waals surface area contributed by atoms with Crippen molar-refractivity contribution >= 4 is 28.5 Å². The van der Waals surface area contributed by atoms with E-state index in [9.17, 15) is 9.59 Å². The van der Waals surface area contributed by atoms with E-state index in [1.807, 2.05) is 22.7 Å². The van der Waals surface area contributed by atoms with Crippen LogP contribution in [0.4, 0.5) is 5.69 Å². The summed E-state index contributed by atoms with van der Waals surface area (Å²) in [5.41, 5.74) is 3.79. The Labute approximate surface area is 188 Å². The Morgan fingerprint density at radius 3 is 2.56 bits per heavy atom. The van der Waals surface area contributed by atoms with Crippen LogP contribution in [0.1, 0.15) is 50.8 Å². The molecule has 2 amide bonds. The predicted molar refractivity (Wildman–Crippen MR) is 122 cm³/mol. The highest BCUT2D eigenvalue weighted by molar-refractivity contribution is 5.92. The number of nitrogens with one attached hydrogen (secondary N) is 2. The molecular formula is C23H34N6O3. The second kappa shape index (κ2) is 9.85. The zero-order valence-electron chi connectivity index (χ0n) is 19.3. The number of likely N-dealkylation sites (tertiary alicyclic amines) is 1. The van der Waals surface area contributed by atoms with E-state index in [4.69, 9.17) is 9.72 Å². The van der Waals surface area contributed by atoms with E-state index in [1.54, 1.807) is 6.92 Å². The van der Waals surface area contributed by atoms with Gasteiger partial charge in [-0.2, -0.15) is 5.10 Å². The molecule has 0 spiro atoms. The molecule has 2 aliphatic rings. The number of carbonyl (C=O) groups is 2. The number of pyridine rings is 1. The van der Waals surface area contributed by atoms with Gasteiger partial charge in [-0.15, -0.1) is 0 Å². The first-order valence-electron chi connectivity index (χ1n) is 11.7. The van der Waals surface area contributed by atoms with Gasteiger partial charge >= 0.3 is 0 Å². The normalized spacial score (nSPS) is 18.2. The van der Waals surface area contributed by atoms with E-state index < -0.39 is 0 Å². The van der Waals surface area contributed by atoms with E-state index in [-0.39, 0.29) is 17.7 Å². The number of amides is 2. The number of hydrogen-bond donors (Lipinski definition) is 2. The zero-order valence-corrected chi connectivity index (χ0v) is 19.3. The van der Waals surface area contributed by atoms with Crippen molar-refractivity contribution in [2.24, 2.45) is 5.92 Å². The Morgan fingerprint density at radius 1 is 1.19 bits per heavy atom. The monoisotopic (exact) mass is 442 g/mol. The lowest BCUT2D eigenvalue weighted by Gasteiger charge is -2.30. The Morgan fingerprint density at radius 2 is 1.91 bits per heavy atom. The average molecular weight is 443 g/mol. The molecule has 4 rings (SSSR count). The van der Waals surface area contributed by atoms with E-state index >= 15 is 0 Å². The number of fused-ring (bicyclic) bond motifs is 1. The maximum Gasteiger partial charge on any atom is 0.223 e. The summed E-state index contributed by atoms with van der Waals surface area (Å²) in [6.45, 7) is 9.60. The minimum Gasteiger partial charge on any atom is -0.381 e. The van der Waals surface area contributed by atoms with Crippen LogP contribution in [-0.2, 0) is 27.4 Å². The Bertz CT molecular complexity index is 974. The fourth-order valence-electron chi connectivity index (χ4n) is 4.68. The molecule has 0 aliphatic carbocycles. The first kappa shape index (κ1) is 22.5. The Kier molecular flexibility index (Phi) is 6.93. The second-order valence-corrected chi connectivity index (χ2v) is 8.78. The average Bonchev–Trinajstić information content (AvgIpc) is 3.21. The van der Waals surface area contributed by atoms with Gasteiger partial charge < -0.3 is 20.3 Å². The molecule has 2 N–H and O–H groups in total. The lowest BCUT2D eigenvalue weighted by Crippen LogP contribution is -2.42. The first-order valence-corrected chi connectivity index (χ1v) is 11.7. The fraction of sp³-hybridized carbons (Fsp3) is 0.652. The van der Waals surface area contributed by atoms with Crippen molar-refractivity contribution in [2.45, 2.75) is 65.6 Å². The fourth-order valence-corrected chi connectivity index (χ4v) is 4.68. The van der Waals surface area contributed by atoms with Crippen LogP contribution < -0.4 is 10.6 Å². The quantitative estimate of drug-likeness (QED) is 0.711. The van der Waals surface area contributed by atoms with Gasteiger partial charge in [0.25, 0.3) is 0 Å². The molecule has 2 aromatic rings. The van der Waals surface area contributed by atoms with Gasteiger partial charge in [0.1, 0.15) is 0 Å². The SMILES string of the molecule is CCn1ncc2c(NC3CCOCC3)c(CNC(=O)C3CCN(C(C)=O)CC3)c(C)nc21. The summed E-state index contributed by atoms with van der Waals surface area (Å²) in [6, 6.07) is 0.323. The number of anilines is 1. The first-order chi connectivity index (χ1) is 15.5. The largest absolute Gasteiger partial charge is 0.381 e. The smallest absolute Gasteiger partial charge is 0.223 e. The molecule has 2 aromatic heterocycles. The van der Waals surface area contributed by atoms with Crippen LogP contribution in [0.5, 0.6) is 0 Å². The number of ether oxygens (including phenoxy) is 1. The van der Waals surface area contributed by atoms with Gasteiger partial charge in [0.2, 0.25) is 11.8 Å². The molecule has 32 heavy (non-hydrogen) atoms. The van der Waals surface area contributed by atoms with Crippen LogP contribution in [-0.4, -0.2) is 63.8 Å². The lowest BCUT2D eigenvalue weighted by molar-refractivity contribution is -0.134. The standard InChI is InChI=1S/C23H34N6O3/c1-4-29-22-20(14-25-29)21(27-18-7-11-32-12-8-18)19(15(2)26-22)13-24-23(31)17-5-9-28(10-6-17)16(3)30/h14,17-18H,4-13H2,1-3H3,(H,24,31)(H,26,27). The molecule has 0 saturated carbocycles. The van der Waals surface area contributed by atoms with Crippen LogP contribution in [0.25, 0.3) is 11.0 Å². The van der Waals surface area contributed by atoms with Gasteiger partial charge in [-0.25, -0.2) is 9.67 Å². The molecule has 9 nitrogen and oxygen atoms in total. The molecule has 0 aromatic carbocycles. The van der Waals surface area contributed by atoms with Crippen molar-refractivity contribution in [3.8, 4) is 0 Å². The van der Waals surface area contributed by atoms with Crippen LogP contribution in [0.2, 0.25) is 0 Å². The molecule has 9 heteroatoms. The molecule has 174 valence electrons. The highest BCUT2D eigenvalue weighted by Crippen LogP contribution is 2.31. The third kappa shape index (κ3) is 4.72. The van der Waals surface area contributed by atoms with E-state index in [1.165, 1.54) is 0 Å². The molecule has 2 saturated heterocycles. The highest BCUT2D eigenvalue weighted by Gasteiger charge is 2.27. The van der Waals surface area contributed by atoms with Crippen molar-refractivity contribution in [1.29, 1.82) is 0 Å². The highest BCUT2D eigenvalue weighted by atomic mass is 16.5. The van der Waals surface area contributed by atoms with Crippen LogP contribution in [0.15, 0.2) is 6.20 Å². The summed E-state index contributed by atoms with van der Waals surface area (Å²) >= 11 is 0. The molecule has 2 fully saturated rings. The van der Waals surface area contributed by atoms with Crippen LogP contribution in [0.3, 0.4) is 0 Å². The number of carbonyl (C=O) groups excluding carboxylic acids is 2. The summed E-state index contributed by atoms with van der Waals surface area (Å²) in [5, 5.41) is 12.4.